The zero-order chi connectivity index (χ0) is 21.9. The number of carbonyl (C=O) groups excluding carboxylic acids is 1. The monoisotopic (exact) mass is 413 g/mol. The second kappa shape index (κ2) is 8.92. The first-order valence-corrected chi connectivity index (χ1v) is 10.3. The molecule has 162 valence electrons. The minimum Gasteiger partial charge on any atom is -0.503 e. The van der Waals surface area contributed by atoms with Gasteiger partial charge in [-0.2, -0.15) is 0 Å². The Morgan fingerprint density at radius 3 is 2.33 bits per heavy atom. The summed E-state index contributed by atoms with van der Waals surface area (Å²) in [7, 11) is 0. The third kappa shape index (κ3) is 5.42. The summed E-state index contributed by atoms with van der Waals surface area (Å²) in [4.78, 5) is 28.7. The van der Waals surface area contributed by atoms with Gasteiger partial charge in [0.1, 0.15) is 5.60 Å². The summed E-state index contributed by atoms with van der Waals surface area (Å²) in [6.45, 7) is 10.9. The van der Waals surface area contributed by atoms with E-state index in [1.54, 1.807) is 17.2 Å². The number of ether oxygens (including phenoxy) is 1. The van der Waals surface area contributed by atoms with Crippen LogP contribution in [0.1, 0.15) is 37.5 Å². The van der Waals surface area contributed by atoms with Gasteiger partial charge in [0, 0.05) is 44.5 Å². The maximum atomic E-state index is 12.6. The molecule has 7 heteroatoms. The van der Waals surface area contributed by atoms with Crippen molar-refractivity contribution in [1.82, 2.24) is 14.4 Å². The van der Waals surface area contributed by atoms with Crippen molar-refractivity contribution in [3.63, 3.8) is 0 Å². The molecule has 3 rings (SSSR count). The molecule has 1 fully saturated rings. The molecule has 30 heavy (non-hydrogen) atoms. The minimum absolute atomic E-state index is 0.208. The lowest BCUT2D eigenvalue weighted by Crippen LogP contribution is -2.49. The summed E-state index contributed by atoms with van der Waals surface area (Å²) in [5, 5.41) is 10.5. The van der Waals surface area contributed by atoms with Crippen molar-refractivity contribution < 1.29 is 14.6 Å². The standard InChI is InChI=1S/C23H31N3O4/c1-17-7-5-6-8-18(17)16-26-10-9-19(20(27)21(26)28)15-24-11-13-25(14-12-24)22(29)30-23(2,3)4/h5-10,27H,11-16H2,1-4H3. The van der Waals surface area contributed by atoms with Gasteiger partial charge in [0.15, 0.2) is 5.75 Å². The van der Waals surface area contributed by atoms with Crippen molar-refractivity contribution >= 4 is 6.09 Å². The van der Waals surface area contributed by atoms with Gasteiger partial charge in [-0.25, -0.2) is 4.79 Å². The second-order valence-corrected chi connectivity index (χ2v) is 8.79. The molecule has 1 aromatic heterocycles. The van der Waals surface area contributed by atoms with E-state index in [9.17, 15) is 14.7 Å². The Labute approximate surface area is 177 Å². The molecule has 0 saturated carbocycles. The molecule has 0 spiro atoms. The number of aryl methyl sites for hydroxylation is 1. The van der Waals surface area contributed by atoms with Crippen LogP contribution in [0.4, 0.5) is 4.79 Å². The van der Waals surface area contributed by atoms with Crippen LogP contribution in [-0.4, -0.2) is 57.3 Å². The van der Waals surface area contributed by atoms with E-state index in [0.29, 0.717) is 44.8 Å². The maximum absolute atomic E-state index is 12.6. The molecule has 1 amide bonds. The van der Waals surface area contributed by atoms with Crippen LogP contribution in [0.3, 0.4) is 0 Å². The van der Waals surface area contributed by atoms with Crippen LogP contribution >= 0.6 is 0 Å². The van der Waals surface area contributed by atoms with Crippen LogP contribution in [-0.2, 0) is 17.8 Å². The first-order chi connectivity index (χ1) is 14.1. The highest BCUT2D eigenvalue weighted by Gasteiger charge is 2.26. The van der Waals surface area contributed by atoms with Crippen LogP contribution in [0.2, 0.25) is 0 Å². The highest BCUT2D eigenvalue weighted by Crippen LogP contribution is 2.17. The Kier molecular flexibility index (Phi) is 6.51. The van der Waals surface area contributed by atoms with Gasteiger partial charge in [-0.05, 0) is 44.9 Å². The molecule has 0 unspecified atom stereocenters. The fourth-order valence-corrected chi connectivity index (χ4v) is 3.48. The minimum atomic E-state index is -0.512. The molecule has 1 saturated heterocycles. The van der Waals surface area contributed by atoms with Crippen molar-refractivity contribution in [2.75, 3.05) is 26.2 Å². The highest BCUT2D eigenvalue weighted by molar-refractivity contribution is 5.68. The zero-order valence-corrected chi connectivity index (χ0v) is 18.2. The smallest absolute Gasteiger partial charge is 0.410 e. The van der Waals surface area contributed by atoms with E-state index < -0.39 is 5.60 Å². The molecular formula is C23H31N3O4. The van der Waals surface area contributed by atoms with Gasteiger partial charge in [-0.1, -0.05) is 24.3 Å². The number of aromatic nitrogens is 1. The van der Waals surface area contributed by atoms with Crippen LogP contribution < -0.4 is 5.56 Å². The first kappa shape index (κ1) is 21.9. The summed E-state index contributed by atoms with van der Waals surface area (Å²) >= 11 is 0. The van der Waals surface area contributed by atoms with Crippen LogP contribution in [0.15, 0.2) is 41.3 Å². The Morgan fingerprint density at radius 2 is 1.70 bits per heavy atom. The number of benzene rings is 1. The van der Waals surface area contributed by atoms with Gasteiger partial charge in [-0.3, -0.25) is 9.69 Å². The molecule has 7 nitrogen and oxygen atoms in total. The summed E-state index contributed by atoms with van der Waals surface area (Å²) in [6, 6.07) is 9.70. The lowest BCUT2D eigenvalue weighted by atomic mass is 10.1. The lowest BCUT2D eigenvalue weighted by molar-refractivity contribution is 0.0138. The van der Waals surface area contributed by atoms with Gasteiger partial charge in [-0.15, -0.1) is 0 Å². The number of pyridine rings is 1. The summed E-state index contributed by atoms with van der Waals surface area (Å²) in [5.41, 5.74) is 1.86. The van der Waals surface area contributed by atoms with Gasteiger partial charge in [0.25, 0.3) is 5.56 Å². The van der Waals surface area contributed by atoms with E-state index in [0.717, 1.165) is 11.1 Å². The lowest BCUT2D eigenvalue weighted by Gasteiger charge is -2.35. The van der Waals surface area contributed by atoms with Crippen LogP contribution in [0, 0.1) is 6.92 Å². The Bertz CT molecular complexity index is 954. The number of carbonyl (C=O) groups is 1. The van der Waals surface area contributed by atoms with E-state index in [2.05, 4.69) is 4.90 Å². The number of rotatable bonds is 4. The van der Waals surface area contributed by atoms with Gasteiger partial charge < -0.3 is 19.3 Å². The number of piperazine rings is 1. The Balaban J connectivity index is 1.62. The van der Waals surface area contributed by atoms with E-state index in [1.165, 1.54) is 4.57 Å². The molecule has 2 heterocycles. The van der Waals surface area contributed by atoms with E-state index >= 15 is 0 Å². The van der Waals surface area contributed by atoms with Crippen LogP contribution in [0.25, 0.3) is 0 Å². The third-order valence-corrected chi connectivity index (χ3v) is 5.24. The molecule has 0 atom stereocenters. The Hall–Kier alpha value is -2.80. The number of amides is 1. The molecule has 1 aromatic carbocycles. The quantitative estimate of drug-likeness (QED) is 0.834. The van der Waals surface area contributed by atoms with E-state index in [4.69, 9.17) is 4.74 Å². The molecule has 2 aromatic rings. The molecular weight excluding hydrogens is 382 g/mol. The number of hydrogen-bond acceptors (Lipinski definition) is 5. The summed E-state index contributed by atoms with van der Waals surface area (Å²) < 4.78 is 6.95. The van der Waals surface area contributed by atoms with Crippen molar-refractivity contribution in [3.8, 4) is 5.75 Å². The van der Waals surface area contributed by atoms with Gasteiger partial charge in [0.2, 0.25) is 0 Å². The van der Waals surface area contributed by atoms with Crippen molar-refractivity contribution in [2.24, 2.45) is 0 Å². The first-order valence-electron chi connectivity index (χ1n) is 10.3. The largest absolute Gasteiger partial charge is 0.503 e. The number of hydrogen-bond donors (Lipinski definition) is 1. The second-order valence-electron chi connectivity index (χ2n) is 8.79. The van der Waals surface area contributed by atoms with Crippen molar-refractivity contribution in [3.05, 3.63) is 63.6 Å². The predicted molar refractivity (Wildman–Crippen MR) is 116 cm³/mol. The predicted octanol–water partition coefficient (Wildman–Crippen LogP) is 2.96. The van der Waals surface area contributed by atoms with Gasteiger partial charge in [0.05, 0.1) is 6.54 Å². The molecule has 1 N–H and O–H groups in total. The summed E-state index contributed by atoms with van der Waals surface area (Å²) in [6.07, 6.45) is 1.43. The fraction of sp³-hybridized carbons (Fsp3) is 0.478. The topological polar surface area (TPSA) is 75.0 Å². The third-order valence-electron chi connectivity index (χ3n) is 5.24. The van der Waals surface area contributed by atoms with Gasteiger partial charge >= 0.3 is 6.09 Å². The zero-order valence-electron chi connectivity index (χ0n) is 18.2. The number of aromatic hydroxyl groups is 1. The van der Waals surface area contributed by atoms with Crippen molar-refractivity contribution in [2.45, 2.75) is 46.4 Å². The average Bonchev–Trinajstić information content (AvgIpc) is 2.68. The molecule has 1 aliphatic heterocycles. The average molecular weight is 414 g/mol. The van der Waals surface area contributed by atoms with Crippen LogP contribution in [0.5, 0.6) is 5.75 Å². The molecule has 1 aliphatic rings. The maximum Gasteiger partial charge on any atom is 0.410 e. The molecule has 0 aliphatic carbocycles. The SMILES string of the molecule is Cc1ccccc1Cn1ccc(CN2CCN(C(=O)OC(C)(C)C)CC2)c(O)c1=O. The highest BCUT2D eigenvalue weighted by atomic mass is 16.6. The van der Waals surface area contributed by atoms with E-state index in [1.807, 2.05) is 52.0 Å². The molecule has 0 radical (unpaired) electrons. The Morgan fingerprint density at radius 1 is 1.03 bits per heavy atom. The summed E-state index contributed by atoms with van der Waals surface area (Å²) in [5.74, 6) is -0.208. The van der Waals surface area contributed by atoms with E-state index in [-0.39, 0.29) is 17.4 Å². The fourth-order valence-electron chi connectivity index (χ4n) is 3.48. The number of nitrogens with zero attached hydrogens (tertiary/aromatic N) is 3. The normalized spacial score (nSPS) is 15.3. The molecule has 0 bridgehead atoms. The van der Waals surface area contributed by atoms with Crippen molar-refractivity contribution in [1.29, 1.82) is 0 Å².